The van der Waals surface area contributed by atoms with Crippen LogP contribution in [0.1, 0.15) is 18.0 Å². The number of hydrogen-bond donors (Lipinski definition) is 0. The molecule has 1 aromatic carbocycles. The summed E-state index contributed by atoms with van der Waals surface area (Å²) >= 11 is 0. The second-order valence-electron chi connectivity index (χ2n) is 5.04. The first-order chi connectivity index (χ1) is 10.1. The van der Waals surface area contributed by atoms with Gasteiger partial charge in [-0.3, -0.25) is 4.79 Å². The zero-order chi connectivity index (χ0) is 14.8. The first-order valence-corrected chi connectivity index (χ1v) is 6.71. The molecule has 0 bridgehead atoms. The fourth-order valence-electron chi connectivity index (χ4n) is 2.51. The van der Waals surface area contributed by atoms with E-state index >= 15 is 0 Å². The average molecular weight is 292 g/mol. The Hall–Kier alpha value is -2.31. The molecule has 2 aromatic rings. The lowest BCUT2D eigenvalue weighted by Crippen LogP contribution is -2.31. The SMILES string of the molecule is O=C(Cc1ccc(F)cc1F)N1CC[C@H](n2nccn2)C1. The fourth-order valence-corrected chi connectivity index (χ4v) is 2.51. The largest absolute Gasteiger partial charge is 0.340 e. The van der Waals surface area contributed by atoms with Gasteiger partial charge < -0.3 is 4.90 Å². The van der Waals surface area contributed by atoms with Crippen LogP contribution in [-0.2, 0) is 11.2 Å². The summed E-state index contributed by atoms with van der Waals surface area (Å²) in [6.45, 7) is 1.10. The first-order valence-electron chi connectivity index (χ1n) is 6.71. The minimum absolute atomic E-state index is 0.0574. The van der Waals surface area contributed by atoms with Gasteiger partial charge in [-0.2, -0.15) is 15.0 Å². The molecule has 1 amide bonds. The van der Waals surface area contributed by atoms with Crippen LogP contribution in [0.25, 0.3) is 0 Å². The number of aromatic nitrogens is 3. The van der Waals surface area contributed by atoms with Crippen LogP contribution in [0.5, 0.6) is 0 Å². The molecule has 21 heavy (non-hydrogen) atoms. The number of nitrogens with zero attached hydrogens (tertiary/aromatic N) is 4. The van der Waals surface area contributed by atoms with Crippen LogP contribution >= 0.6 is 0 Å². The number of rotatable bonds is 3. The molecule has 5 nitrogen and oxygen atoms in total. The number of likely N-dealkylation sites (tertiary alicyclic amines) is 1. The molecule has 1 aromatic heterocycles. The van der Waals surface area contributed by atoms with Crippen LogP contribution in [0, 0.1) is 11.6 Å². The second kappa shape index (κ2) is 5.59. The van der Waals surface area contributed by atoms with Gasteiger partial charge in [-0.25, -0.2) is 8.78 Å². The normalized spacial score (nSPS) is 18.2. The predicted molar refractivity (Wildman–Crippen MR) is 70.3 cm³/mol. The lowest BCUT2D eigenvalue weighted by molar-refractivity contribution is -0.129. The molecule has 7 heteroatoms. The average Bonchev–Trinajstić information content (AvgIpc) is 3.10. The van der Waals surface area contributed by atoms with Gasteiger partial charge in [0.05, 0.1) is 24.9 Å². The van der Waals surface area contributed by atoms with Crippen molar-refractivity contribution in [3.63, 3.8) is 0 Å². The quantitative estimate of drug-likeness (QED) is 0.863. The van der Waals surface area contributed by atoms with Crippen molar-refractivity contribution >= 4 is 5.91 Å². The van der Waals surface area contributed by atoms with Crippen molar-refractivity contribution in [1.29, 1.82) is 0 Å². The van der Waals surface area contributed by atoms with Crippen LogP contribution in [-0.4, -0.2) is 38.9 Å². The van der Waals surface area contributed by atoms with Gasteiger partial charge in [0.15, 0.2) is 0 Å². The monoisotopic (exact) mass is 292 g/mol. The van der Waals surface area contributed by atoms with Gasteiger partial charge in [0.25, 0.3) is 0 Å². The maximum atomic E-state index is 13.6. The molecule has 0 unspecified atom stereocenters. The summed E-state index contributed by atoms with van der Waals surface area (Å²) in [7, 11) is 0. The highest BCUT2D eigenvalue weighted by molar-refractivity contribution is 5.79. The Kier molecular flexibility index (Phi) is 3.64. The number of carbonyl (C=O) groups excluding carboxylic acids is 1. The summed E-state index contributed by atoms with van der Waals surface area (Å²) in [5.41, 5.74) is 0.210. The maximum absolute atomic E-state index is 13.6. The first kappa shape index (κ1) is 13.7. The number of hydrogen-bond acceptors (Lipinski definition) is 3. The standard InChI is InChI=1S/C14H14F2N4O/c15-11-2-1-10(13(16)8-11)7-14(21)19-6-3-12(9-19)20-17-4-5-18-20/h1-2,4-5,8,12H,3,6-7,9H2/t12-/m0/s1. The lowest BCUT2D eigenvalue weighted by Gasteiger charge is -2.16. The third-order valence-electron chi connectivity index (χ3n) is 3.64. The molecule has 1 atom stereocenters. The minimum atomic E-state index is -0.687. The van der Waals surface area contributed by atoms with Crippen LogP contribution in [0.4, 0.5) is 8.78 Å². The fraction of sp³-hybridized carbons (Fsp3) is 0.357. The van der Waals surface area contributed by atoms with Crippen molar-refractivity contribution in [2.45, 2.75) is 18.9 Å². The molecule has 0 saturated carbocycles. The van der Waals surface area contributed by atoms with E-state index in [-0.39, 0.29) is 23.9 Å². The molecule has 2 heterocycles. The predicted octanol–water partition coefficient (Wildman–Crippen LogP) is 1.57. The number of carbonyl (C=O) groups is 1. The summed E-state index contributed by atoms with van der Waals surface area (Å²) in [4.78, 5) is 15.4. The highest BCUT2D eigenvalue weighted by Gasteiger charge is 2.28. The molecular formula is C14H14F2N4O. The number of benzene rings is 1. The maximum Gasteiger partial charge on any atom is 0.227 e. The molecule has 0 spiro atoms. The van der Waals surface area contributed by atoms with E-state index in [4.69, 9.17) is 0 Å². The van der Waals surface area contributed by atoms with E-state index in [0.717, 1.165) is 18.6 Å². The van der Waals surface area contributed by atoms with Crippen molar-refractivity contribution in [1.82, 2.24) is 19.9 Å². The Morgan fingerprint density at radius 2 is 2.05 bits per heavy atom. The van der Waals surface area contributed by atoms with Crippen molar-refractivity contribution < 1.29 is 13.6 Å². The molecule has 0 N–H and O–H groups in total. The summed E-state index contributed by atoms with van der Waals surface area (Å²) in [5.74, 6) is -1.50. The molecule has 1 aliphatic heterocycles. The van der Waals surface area contributed by atoms with Gasteiger partial charge in [-0.05, 0) is 18.1 Å². The van der Waals surface area contributed by atoms with E-state index < -0.39 is 11.6 Å². The molecule has 3 rings (SSSR count). The zero-order valence-electron chi connectivity index (χ0n) is 11.2. The third kappa shape index (κ3) is 2.91. The Bertz CT molecular complexity index is 644. The van der Waals surface area contributed by atoms with E-state index in [1.54, 1.807) is 22.1 Å². The third-order valence-corrected chi connectivity index (χ3v) is 3.64. The van der Waals surface area contributed by atoms with Gasteiger partial charge in [-0.15, -0.1) is 0 Å². The highest BCUT2D eigenvalue weighted by Crippen LogP contribution is 2.21. The summed E-state index contributed by atoms with van der Waals surface area (Å²) in [6.07, 6.45) is 3.90. The molecule has 110 valence electrons. The number of halogens is 2. The van der Waals surface area contributed by atoms with Gasteiger partial charge in [0.1, 0.15) is 11.6 Å². The molecular weight excluding hydrogens is 278 g/mol. The molecule has 1 saturated heterocycles. The topological polar surface area (TPSA) is 51.0 Å². The van der Waals surface area contributed by atoms with Crippen molar-refractivity contribution in [3.8, 4) is 0 Å². The van der Waals surface area contributed by atoms with Gasteiger partial charge in [0, 0.05) is 19.2 Å². The lowest BCUT2D eigenvalue weighted by atomic mass is 10.1. The smallest absolute Gasteiger partial charge is 0.227 e. The van der Waals surface area contributed by atoms with Crippen LogP contribution in [0.2, 0.25) is 0 Å². The minimum Gasteiger partial charge on any atom is -0.340 e. The van der Waals surface area contributed by atoms with E-state index in [2.05, 4.69) is 10.2 Å². The molecule has 0 radical (unpaired) electrons. The van der Waals surface area contributed by atoms with E-state index in [0.29, 0.717) is 13.1 Å². The summed E-state index contributed by atoms with van der Waals surface area (Å²) in [6, 6.07) is 3.32. The number of amides is 1. The Morgan fingerprint density at radius 3 is 2.76 bits per heavy atom. The highest BCUT2D eigenvalue weighted by atomic mass is 19.1. The van der Waals surface area contributed by atoms with Crippen molar-refractivity contribution in [3.05, 3.63) is 47.8 Å². The Morgan fingerprint density at radius 1 is 1.29 bits per heavy atom. The molecule has 0 aliphatic carbocycles. The van der Waals surface area contributed by atoms with Gasteiger partial charge >= 0.3 is 0 Å². The van der Waals surface area contributed by atoms with Crippen LogP contribution < -0.4 is 0 Å². The van der Waals surface area contributed by atoms with Gasteiger partial charge in [0.2, 0.25) is 5.91 Å². The molecule has 1 fully saturated rings. The van der Waals surface area contributed by atoms with Crippen LogP contribution in [0.15, 0.2) is 30.6 Å². The zero-order valence-corrected chi connectivity index (χ0v) is 11.2. The summed E-state index contributed by atoms with van der Waals surface area (Å²) in [5, 5.41) is 8.13. The Labute approximate surface area is 120 Å². The Balaban J connectivity index is 1.64. The van der Waals surface area contributed by atoms with E-state index in [9.17, 15) is 13.6 Å². The van der Waals surface area contributed by atoms with Gasteiger partial charge in [-0.1, -0.05) is 6.07 Å². The van der Waals surface area contributed by atoms with Crippen molar-refractivity contribution in [2.24, 2.45) is 0 Å². The second-order valence-corrected chi connectivity index (χ2v) is 5.04. The van der Waals surface area contributed by atoms with Crippen LogP contribution in [0.3, 0.4) is 0 Å². The summed E-state index contributed by atoms with van der Waals surface area (Å²) < 4.78 is 26.4. The van der Waals surface area contributed by atoms with E-state index in [1.807, 2.05) is 0 Å². The molecule has 1 aliphatic rings. The van der Waals surface area contributed by atoms with E-state index in [1.165, 1.54) is 6.07 Å². The van der Waals surface area contributed by atoms with Crippen molar-refractivity contribution in [2.75, 3.05) is 13.1 Å².